The number of pyridine rings is 2. The van der Waals surface area contributed by atoms with Gasteiger partial charge in [0.1, 0.15) is 23.7 Å². The van der Waals surface area contributed by atoms with E-state index in [1.54, 1.807) is 17.0 Å². The van der Waals surface area contributed by atoms with Crippen molar-refractivity contribution in [2.75, 3.05) is 26.7 Å². The number of rotatable bonds is 7. The van der Waals surface area contributed by atoms with Crippen LogP contribution in [0.4, 0.5) is 0 Å². The average molecular weight is 435 g/mol. The van der Waals surface area contributed by atoms with Crippen molar-refractivity contribution in [3.63, 3.8) is 0 Å². The lowest BCUT2D eigenvalue weighted by Crippen LogP contribution is -2.29. The summed E-state index contributed by atoms with van der Waals surface area (Å²) < 4.78 is 17.8. The quantitative estimate of drug-likeness (QED) is 0.528. The van der Waals surface area contributed by atoms with Gasteiger partial charge in [-0.15, -0.1) is 0 Å². The molecule has 1 aliphatic heterocycles. The van der Waals surface area contributed by atoms with Crippen LogP contribution < -0.4 is 10.3 Å². The fourth-order valence-electron chi connectivity index (χ4n) is 3.75. The number of hydrogen-bond acceptors (Lipinski definition) is 7. The molecule has 1 aliphatic rings. The summed E-state index contributed by atoms with van der Waals surface area (Å²) in [7, 11) is 1.33. The van der Waals surface area contributed by atoms with E-state index in [1.807, 2.05) is 42.5 Å². The summed E-state index contributed by atoms with van der Waals surface area (Å²) >= 11 is 0. The van der Waals surface area contributed by atoms with E-state index in [4.69, 9.17) is 13.9 Å². The number of furan rings is 1. The third-order valence-electron chi connectivity index (χ3n) is 5.37. The molecule has 0 fully saturated rings. The van der Waals surface area contributed by atoms with Crippen LogP contribution >= 0.6 is 0 Å². The average Bonchev–Trinajstić information content (AvgIpc) is 3.24. The van der Waals surface area contributed by atoms with Gasteiger partial charge in [-0.25, -0.2) is 4.79 Å². The van der Waals surface area contributed by atoms with Crippen LogP contribution in [0.5, 0.6) is 5.75 Å². The second-order valence-electron chi connectivity index (χ2n) is 7.39. The van der Waals surface area contributed by atoms with E-state index in [1.165, 1.54) is 13.2 Å². The topological polar surface area (TPSA) is 86.8 Å². The Balaban J connectivity index is 1.55. The van der Waals surface area contributed by atoms with Crippen molar-refractivity contribution in [2.24, 2.45) is 0 Å². The molecule has 8 nitrogen and oxygen atoms in total. The molecule has 0 saturated heterocycles. The Morgan fingerprint density at radius 2 is 2.12 bits per heavy atom. The van der Waals surface area contributed by atoms with Crippen LogP contribution in [0.3, 0.4) is 0 Å². The van der Waals surface area contributed by atoms with E-state index in [-0.39, 0.29) is 17.9 Å². The Hall–Kier alpha value is -3.65. The highest BCUT2D eigenvalue weighted by molar-refractivity contribution is 5.93. The summed E-state index contributed by atoms with van der Waals surface area (Å²) in [6.45, 7) is 2.71. The molecule has 0 saturated carbocycles. The third-order valence-corrected chi connectivity index (χ3v) is 5.37. The van der Waals surface area contributed by atoms with Crippen LogP contribution in [0.25, 0.3) is 6.08 Å². The van der Waals surface area contributed by atoms with Crippen molar-refractivity contribution in [3.05, 3.63) is 88.0 Å². The fraction of sp³-hybridized carbons (Fsp3) is 0.292. The molecule has 4 rings (SSSR count). The van der Waals surface area contributed by atoms with Crippen molar-refractivity contribution >= 4 is 12.0 Å². The zero-order valence-corrected chi connectivity index (χ0v) is 17.9. The van der Waals surface area contributed by atoms with Crippen LogP contribution in [0, 0.1) is 0 Å². The lowest BCUT2D eigenvalue weighted by molar-refractivity contribution is 0.0592. The van der Waals surface area contributed by atoms with E-state index in [9.17, 15) is 9.59 Å². The van der Waals surface area contributed by atoms with Crippen LogP contribution in [0.15, 0.2) is 64.1 Å². The van der Waals surface area contributed by atoms with Gasteiger partial charge in [0.2, 0.25) is 0 Å². The molecule has 3 aromatic heterocycles. The van der Waals surface area contributed by atoms with E-state index >= 15 is 0 Å². The van der Waals surface area contributed by atoms with Gasteiger partial charge in [0.05, 0.1) is 19.1 Å². The maximum Gasteiger partial charge on any atom is 0.343 e. The Morgan fingerprint density at radius 3 is 2.88 bits per heavy atom. The molecule has 0 spiro atoms. The van der Waals surface area contributed by atoms with Crippen LogP contribution in [0.1, 0.15) is 27.5 Å². The van der Waals surface area contributed by atoms with Gasteiger partial charge < -0.3 is 18.5 Å². The molecule has 0 atom stereocenters. The summed E-state index contributed by atoms with van der Waals surface area (Å²) in [4.78, 5) is 32.0. The largest absolute Gasteiger partial charge is 0.486 e. The molecule has 8 heteroatoms. The molecule has 0 aromatic carbocycles. The number of methoxy groups -OCH3 is 1. The minimum atomic E-state index is -0.518. The van der Waals surface area contributed by atoms with Gasteiger partial charge in [0.15, 0.2) is 0 Å². The second-order valence-corrected chi connectivity index (χ2v) is 7.39. The Kier molecular flexibility index (Phi) is 6.81. The third kappa shape index (κ3) is 4.97. The highest BCUT2D eigenvalue weighted by Gasteiger charge is 2.26. The summed E-state index contributed by atoms with van der Waals surface area (Å²) in [5.74, 6) is 0.503. The van der Waals surface area contributed by atoms with Crippen molar-refractivity contribution in [1.29, 1.82) is 0 Å². The Labute approximate surface area is 185 Å². The fourth-order valence-corrected chi connectivity index (χ4v) is 3.75. The lowest BCUT2D eigenvalue weighted by atomic mass is 10.1. The van der Waals surface area contributed by atoms with E-state index in [0.717, 1.165) is 5.76 Å². The van der Waals surface area contributed by atoms with Crippen molar-refractivity contribution in [3.8, 4) is 5.75 Å². The molecule has 3 aromatic rings. The highest BCUT2D eigenvalue weighted by Crippen LogP contribution is 2.24. The second kappa shape index (κ2) is 10.1. The molecule has 4 heterocycles. The SMILES string of the molecule is COC(=O)c1c(OCc2ccccn2)cc(=O)n2c1CCN(C/C=C/c1ccco1)CC2. The van der Waals surface area contributed by atoms with E-state index in [2.05, 4.69) is 9.88 Å². The molecular formula is C24H25N3O5. The summed E-state index contributed by atoms with van der Waals surface area (Å²) in [5.41, 5.74) is 1.44. The highest BCUT2D eigenvalue weighted by atomic mass is 16.5. The maximum atomic E-state index is 12.9. The first-order chi connectivity index (χ1) is 15.7. The number of nitrogens with zero attached hydrogens (tertiary/aromatic N) is 3. The van der Waals surface area contributed by atoms with Crippen LogP contribution in [0.2, 0.25) is 0 Å². The normalized spacial score (nSPS) is 14.2. The molecule has 32 heavy (non-hydrogen) atoms. The van der Waals surface area contributed by atoms with E-state index in [0.29, 0.717) is 49.6 Å². The summed E-state index contributed by atoms with van der Waals surface area (Å²) in [6, 6.07) is 10.6. The van der Waals surface area contributed by atoms with Crippen LogP contribution in [-0.2, 0) is 24.3 Å². The molecule has 0 N–H and O–H groups in total. The molecular weight excluding hydrogens is 410 g/mol. The number of carbonyl (C=O) groups excluding carboxylic acids is 1. The number of ether oxygens (including phenoxy) is 2. The first-order valence-electron chi connectivity index (χ1n) is 10.5. The van der Waals surface area contributed by atoms with Crippen molar-refractivity contribution in [1.82, 2.24) is 14.5 Å². The van der Waals surface area contributed by atoms with Gasteiger partial charge in [-0.2, -0.15) is 0 Å². The number of carbonyl (C=O) groups is 1. The smallest absolute Gasteiger partial charge is 0.343 e. The Bertz CT molecular complexity index is 1140. The minimum Gasteiger partial charge on any atom is -0.486 e. The van der Waals surface area contributed by atoms with Gasteiger partial charge in [0.25, 0.3) is 5.56 Å². The van der Waals surface area contributed by atoms with Crippen molar-refractivity contribution < 1.29 is 18.7 Å². The zero-order chi connectivity index (χ0) is 22.3. The van der Waals surface area contributed by atoms with Gasteiger partial charge >= 0.3 is 5.97 Å². The molecule has 0 aliphatic carbocycles. The first-order valence-corrected chi connectivity index (χ1v) is 10.5. The monoisotopic (exact) mass is 435 g/mol. The molecule has 0 bridgehead atoms. The summed E-state index contributed by atoms with van der Waals surface area (Å²) in [6.07, 6.45) is 7.78. The number of esters is 1. The Morgan fingerprint density at radius 1 is 1.22 bits per heavy atom. The molecule has 0 amide bonds. The van der Waals surface area contributed by atoms with Gasteiger partial charge in [-0.1, -0.05) is 12.1 Å². The number of hydrogen-bond donors (Lipinski definition) is 0. The standard InChI is InChI=1S/C24H25N3O5/c1-30-24(29)23-20-9-12-26(11-4-7-19-8-5-15-31-19)13-14-27(20)22(28)16-21(23)32-17-18-6-2-3-10-25-18/h2-8,10,15-16H,9,11-14,17H2,1H3/b7-4+. The molecule has 166 valence electrons. The molecule has 0 radical (unpaired) electrons. The minimum absolute atomic E-state index is 0.150. The van der Waals surface area contributed by atoms with Crippen molar-refractivity contribution in [2.45, 2.75) is 19.6 Å². The van der Waals surface area contributed by atoms with Gasteiger partial charge in [-0.3, -0.25) is 14.7 Å². The van der Waals surface area contributed by atoms with Gasteiger partial charge in [0, 0.05) is 50.6 Å². The zero-order valence-electron chi connectivity index (χ0n) is 17.9. The van der Waals surface area contributed by atoms with Gasteiger partial charge in [-0.05, 0) is 30.3 Å². The molecule has 0 unspecified atom stereocenters. The summed E-state index contributed by atoms with van der Waals surface area (Å²) in [5, 5.41) is 0. The predicted octanol–water partition coefficient (Wildman–Crippen LogP) is 2.77. The number of aromatic nitrogens is 2. The predicted molar refractivity (Wildman–Crippen MR) is 118 cm³/mol. The van der Waals surface area contributed by atoms with Crippen LogP contribution in [-0.4, -0.2) is 47.2 Å². The maximum absolute atomic E-state index is 12.9. The number of fused-ring (bicyclic) bond motifs is 1. The first kappa shape index (κ1) is 21.6. The van der Waals surface area contributed by atoms with E-state index < -0.39 is 5.97 Å². The lowest BCUT2D eigenvalue weighted by Gasteiger charge is -2.17.